The number of halogens is 1. The highest BCUT2D eigenvalue weighted by molar-refractivity contribution is 6.30. The molecule has 11 heteroatoms. The topological polar surface area (TPSA) is 141 Å². The summed E-state index contributed by atoms with van der Waals surface area (Å²) in [6, 6.07) is 19.2. The van der Waals surface area contributed by atoms with Crippen molar-refractivity contribution in [2.45, 2.75) is 18.9 Å². The van der Waals surface area contributed by atoms with Crippen LogP contribution in [0.25, 0.3) is 11.3 Å². The highest BCUT2D eigenvalue weighted by Gasteiger charge is 2.32. The minimum atomic E-state index is -1.08. The van der Waals surface area contributed by atoms with Crippen molar-refractivity contribution in [3.05, 3.63) is 112 Å². The summed E-state index contributed by atoms with van der Waals surface area (Å²) in [7, 11) is 0. The SMILES string of the molecule is N#Cc1cccc(CC(C(=O)Nc2ccc(C(=O)O)cc2)N2CCC(c3cc(Cl)ccc3-n3ccnn3)=CC2=O)c1. The molecule has 0 fully saturated rings. The number of aromatic nitrogens is 3. The molecule has 1 atom stereocenters. The van der Waals surface area contributed by atoms with Gasteiger partial charge in [0.2, 0.25) is 11.8 Å². The molecule has 1 unspecified atom stereocenters. The summed E-state index contributed by atoms with van der Waals surface area (Å²) >= 11 is 6.30. The van der Waals surface area contributed by atoms with Gasteiger partial charge in [0.05, 0.1) is 35.3 Å². The van der Waals surface area contributed by atoms with Crippen molar-refractivity contribution in [1.82, 2.24) is 19.9 Å². The second-order valence-corrected chi connectivity index (χ2v) is 9.80. The normalized spacial score (nSPS) is 13.7. The van der Waals surface area contributed by atoms with Crippen molar-refractivity contribution in [2.24, 2.45) is 0 Å². The van der Waals surface area contributed by atoms with Crippen LogP contribution in [0.4, 0.5) is 5.69 Å². The molecule has 204 valence electrons. The van der Waals surface area contributed by atoms with Crippen LogP contribution >= 0.6 is 11.6 Å². The summed E-state index contributed by atoms with van der Waals surface area (Å²) in [5.74, 6) is -1.87. The van der Waals surface area contributed by atoms with E-state index in [1.165, 1.54) is 35.2 Å². The second-order valence-electron chi connectivity index (χ2n) is 9.36. The molecule has 0 aliphatic carbocycles. The summed E-state index contributed by atoms with van der Waals surface area (Å²) in [5, 5.41) is 29.7. The quantitative estimate of drug-likeness (QED) is 0.323. The Labute approximate surface area is 240 Å². The van der Waals surface area contributed by atoms with Crippen LogP contribution in [-0.2, 0) is 16.0 Å². The molecule has 2 N–H and O–H groups in total. The van der Waals surface area contributed by atoms with Crippen LogP contribution in [0.1, 0.15) is 33.5 Å². The monoisotopic (exact) mass is 566 g/mol. The molecule has 1 aromatic heterocycles. The zero-order valence-electron chi connectivity index (χ0n) is 21.6. The Kier molecular flexibility index (Phi) is 7.90. The van der Waals surface area contributed by atoms with Crippen molar-refractivity contribution in [2.75, 3.05) is 11.9 Å². The number of aromatic carboxylic acids is 1. The molecule has 10 nitrogen and oxygen atoms in total. The van der Waals surface area contributed by atoms with Crippen molar-refractivity contribution in [1.29, 1.82) is 5.26 Å². The molecule has 3 aromatic carbocycles. The molecular formula is C30H23ClN6O4. The molecule has 41 heavy (non-hydrogen) atoms. The fourth-order valence-electron chi connectivity index (χ4n) is 4.74. The third-order valence-electron chi connectivity index (χ3n) is 6.74. The molecule has 1 aliphatic rings. The first-order valence-corrected chi connectivity index (χ1v) is 13.0. The van der Waals surface area contributed by atoms with Crippen LogP contribution in [-0.4, -0.2) is 55.4 Å². The summed E-state index contributed by atoms with van der Waals surface area (Å²) in [6.07, 6.45) is 5.38. The Morgan fingerprint density at radius 2 is 1.93 bits per heavy atom. The van der Waals surface area contributed by atoms with E-state index in [4.69, 9.17) is 16.7 Å². The van der Waals surface area contributed by atoms with Crippen molar-refractivity contribution >= 4 is 40.6 Å². The van der Waals surface area contributed by atoms with Crippen molar-refractivity contribution in [3.63, 3.8) is 0 Å². The lowest BCUT2D eigenvalue weighted by atomic mass is 9.95. The van der Waals surface area contributed by atoms with Gasteiger partial charge in [0.1, 0.15) is 6.04 Å². The lowest BCUT2D eigenvalue weighted by Crippen LogP contribution is -2.49. The van der Waals surface area contributed by atoms with Gasteiger partial charge in [-0.05, 0) is 72.2 Å². The Morgan fingerprint density at radius 1 is 1.12 bits per heavy atom. The molecule has 1 aliphatic heterocycles. The number of nitriles is 1. The van der Waals surface area contributed by atoms with E-state index in [1.54, 1.807) is 59.5 Å². The zero-order chi connectivity index (χ0) is 28.9. The van der Waals surface area contributed by atoms with E-state index in [0.29, 0.717) is 28.4 Å². The minimum Gasteiger partial charge on any atom is -0.478 e. The van der Waals surface area contributed by atoms with E-state index in [0.717, 1.165) is 16.7 Å². The fourth-order valence-corrected chi connectivity index (χ4v) is 4.91. The number of anilines is 1. The smallest absolute Gasteiger partial charge is 0.335 e. The minimum absolute atomic E-state index is 0.0861. The predicted octanol–water partition coefficient (Wildman–Crippen LogP) is 4.36. The van der Waals surface area contributed by atoms with E-state index in [9.17, 15) is 19.6 Å². The highest BCUT2D eigenvalue weighted by Crippen LogP contribution is 2.31. The third kappa shape index (κ3) is 6.16. The van der Waals surface area contributed by atoms with Gasteiger partial charge in [-0.3, -0.25) is 9.59 Å². The lowest BCUT2D eigenvalue weighted by Gasteiger charge is -2.34. The van der Waals surface area contributed by atoms with Crippen molar-refractivity contribution < 1.29 is 19.5 Å². The van der Waals surface area contributed by atoms with Gasteiger partial charge in [0.25, 0.3) is 0 Å². The van der Waals surface area contributed by atoms with Gasteiger partial charge in [-0.25, -0.2) is 9.48 Å². The summed E-state index contributed by atoms with van der Waals surface area (Å²) in [6.45, 7) is 0.252. The maximum Gasteiger partial charge on any atom is 0.335 e. The maximum absolute atomic E-state index is 13.6. The summed E-state index contributed by atoms with van der Waals surface area (Å²) < 4.78 is 1.59. The van der Waals surface area contributed by atoms with Crippen LogP contribution in [0, 0.1) is 11.3 Å². The fraction of sp³-hybridized carbons (Fsp3) is 0.133. The maximum atomic E-state index is 13.6. The van der Waals surface area contributed by atoms with E-state index in [-0.39, 0.29) is 24.4 Å². The molecular weight excluding hydrogens is 544 g/mol. The van der Waals surface area contributed by atoms with Crippen LogP contribution < -0.4 is 5.32 Å². The Balaban J connectivity index is 1.45. The van der Waals surface area contributed by atoms with Gasteiger partial charge in [0.15, 0.2) is 0 Å². The van der Waals surface area contributed by atoms with Gasteiger partial charge in [-0.2, -0.15) is 5.26 Å². The molecule has 0 saturated heterocycles. The van der Waals surface area contributed by atoms with E-state index < -0.39 is 17.9 Å². The molecule has 0 radical (unpaired) electrons. The Morgan fingerprint density at radius 3 is 2.61 bits per heavy atom. The second kappa shape index (κ2) is 11.9. The van der Waals surface area contributed by atoms with Gasteiger partial charge in [-0.15, -0.1) is 5.10 Å². The summed E-state index contributed by atoms with van der Waals surface area (Å²) in [4.78, 5) is 39.9. The number of carboxylic acid groups (broad SMARTS) is 1. The molecule has 0 saturated carbocycles. The number of nitrogens with one attached hydrogen (secondary N) is 1. The standard InChI is InChI=1S/C30H23ClN6O4/c31-23-6-9-26(37-13-11-33-35-37)25(17-23)22-10-12-36(28(38)16-22)27(15-19-2-1-3-20(14-19)18-32)29(39)34-24-7-4-21(5-8-24)30(40)41/h1-9,11,13-14,16-17,27H,10,12,15H2,(H,34,39)(H,40,41). The Bertz CT molecular complexity index is 1690. The number of carbonyl (C=O) groups is 3. The number of rotatable bonds is 8. The Hall–Kier alpha value is -5.27. The molecule has 2 heterocycles. The van der Waals surface area contributed by atoms with E-state index in [1.807, 2.05) is 0 Å². The number of benzene rings is 3. The first kappa shape index (κ1) is 27.3. The van der Waals surface area contributed by atoms with Crippen LogP contribution in [0.5, 0.6) is 0 Å². The first-order chi connectivity index (χ1) is 19.8. The van der Waals surface area contributed by atoms with Crippen molar-refractivity contribution in [3.8, 4) is 11.8 Å². The number of hydrogen-bond acceptors (Lipinski definition) is 6. The van der Waals surface area contributed by atoms with E-state index in [2.05, 4.69) is 21.7 Å². The van der Waals surface area contributed by atoms with Gasteiger partial charge >= 0.3 is 5.97 Å². The highest BCUT2D eigenvalue weighted by atomic mass is 35.5. The van der Waals surface area contributed by atoms with Crippen LogP contribution in [0.2, 0.25) is 5.02 Å². The number of hydrogen-bond donors (Lipinski definition) is 2. The van der Waals surface area contributed by atoms with Crippen LogP contribution in [0.3, 0.4) is 0 Å². The average molecular weight is 567 g/mol. The average Bonchev–Trinajstić information content (AvgIpc) is 3.51. The molecule has 5 rings (SSSR count). The van der Waals surface area contributed by atoms with Gasteiger partial charge < -0.3 is 15.3 Å². The molecule has 4 aromatic rings. The predicted molar refractivity (Wildman–Crippen MR) is 151 cm³/mol. The number of carboxylic acids is 1. The number of amides is 2. The third-order valence-corrected chi connectivity index (χ3v) is 6.98. The molecule has 0 bridgehead atoms. The van der Waals surface area contributed by atoms with E-state index >= 15 is 0 Å². The molecule has 2 amide bonds. The first-order valence-electron chi connectivity index (χ1n) is 12.6. The lowest BCUT2D eigenvalue weighted by molar-refractivity contribution is -0.135. The zero-order valence-corrected chi connectivity index (χ0v) is 22.3. The number of nitrogens with zero attached hydrogens (tertiary/aromatic N) is 5. The van der Waals surface area contributed by atoms with Crippen LogP contribution in [0.15, 0.2) is 85.2 Å². The molecule has 0 spiro atoms. The van der Waals surface area contributed by atoms with Gasteiger partial charge in [-0.1, -0.05) is 28.9 Å². The summed E-state index contributed by atoms with van der Waals surface area (Å²) in [5.41, 5.74) is 3.84. The van der Waals surface area contributed by atoms with Gasteiger partial charge in [0, 0.05) is 35.3 Å². The number of carbonyl (C=O) groups excluding carboxylic acids is 2. The largest absolute Gasteiger partial charge is 0.478 e.